The van der Waals surface area contributed by atoms with Crippen LogP contribution >= 0.6 is 0 Å². The van der Waals surface area contributed by atoms with Crippen LogP contribution in [0.25, 0.3) is 6.08 Å². The zero-order valence-corrected chi connectivity index (χ0v) is 13.5. The maximum Gasteiger partial charge on any atom is 0.363 e. The largest absolute Gasteiger partial charge is 1.00 e. The summed E-state index contributed by atoms with van der Waals surface area (Å²) in [5.74, 6) is -0.0717. The van der Waals surface area contributed by atoms with Crippen LogP contribution < -0.4 is 28.5 Å². The van der Waals surface area contributed by atoms with Crippen molar-refractivity contribution in [1.82, 2.24) is 0 Å². The average molecular weight is 392 g/mol. The van der Waals surface area contributed by atoms with Crippen molar-refractivity contribution in [3.8, 4) is 0 Å². The SMILES string of the molecule is C[n+]1cccc(C=C2N=C(c3ccccc3)OC2=O)c1.[I-]. The molecule has 0 fully saturated rings. The van der Waals surface area contributed by atoms with E-state index in [-0.39, 0.29) is 24.0 Å². The Labute approximate surface area is 139 Å². The van der Waals surface area contributed by atoms with Crippen LogP contribution in [0, 0.1) is 0 Å². The predicted molar refractivity (Wildman–Crippen MR) is 74.7 cm³/mol. The lowest BCUT2D eigenvalue weighted by molar-refractivity contribution is -0.671. The number of aryl methyl sites for hydroxylation is 1. The van der Waals surface area contributed by atoms with Crippen molar-refractivity contribution in [2.24, 2.45) is 12.0 Å². The van der Waals surface area contributed by atoms with Crippen LogP contribution in [0.4, 0.5) is 0 Å². The molecule has 0 aliphatic carbocycles. The molecule has 0 unspecified atom stereocenters. The van der Waals surface area contributed by atoms with Crippen LogP contribution in [0.15, 0.2) is 65.5 Å². The number of aliphatic imine (C=N–C) groups is 1. The first kappa shape index (κ1) is 15.4. The Hall–Kier alpha value is -2.02. The third kappa shape index (κ3) is 3.55. The molecule has 21 heavy (non-hydrogen) atoms. The number of hydrogen-bond donors (Lipinski definition) is 0. The Kier molecular flexibility index (Phi) is 4.85. The van der Waals surface area contributed by atoms with Crippen LogP contribution in [-0.2, 0) is 16.6 Å². The quantitative estimate of drug-likeness (QED) is 0.281. The lowest BCUT2D eigenvalue weighted by Gasteiger charge is -1.97. The first-order valence-electron chi connectivity index (χ1n) is 6.26. The number of benzene rings is 1. The Morgan fingerprint density at radius 3 is 2.62 bits per heavy atom. The highest BCUT2D eigenvalue weighted by Gasteiger charge is 2.24. The van der Waals surface area contributed by atoms with Gasteiger partial charge >= 0.3 is 5.97 Å². The number of carbonyl (C=O) groups excluding carboxylic acids is 1. The molecule has 0 radical (unpaired) electrons. The van der Waals surface area contributed by atoms with E-state index in [0.717, 1.165) is 11.1 Å². The Bertz CT molecular complexity index is 724. The Balaban J connectivity index is 0.00000161. The van der Waals surface area contributed by atoms with Crippen LogP contribution in [0.1, 0.15) is 11.1 Å². The molecule has 0 amide bonds. The molecule has 0 N–H and O–H groups in total. The molecule has 4 nitrogen and oxygen atoms in total. The van der Waals surface area contributed by atoms with E-state index >= 15 is 0 Å². The molecule has 2 heterocycles. The molecule has 1 aliphatic rings. The lowest BCUT2D eigenvalue weighted by atomic mass is 10.2. The van der Waals surface area contributed by atoms with E-state index < -0.39 is 5.97 Å². The number of cyclic esters (lactones) is 1. The fraction of sp³-hybridized carbons (Fsp3) is 0.0625. The van der Waals surface area contributed by atoms with Gasteiger partial charge in [0.2, 0.25) is 5.90 Å². The number of halogens is 1. The van der Waals surface area contributed by atoms with Crippen molar-refractivity contribution in [1.29, 1.82) is 0 Å². The Morgan fingerprint density at radius 2 is 1.90 bits per heavy atom. The highest BCUT2D eigenvalue weighted by Crippen LogP contribution is 2.18. The van der Waals surface area contributed by atoms with Gasteiger partial charge in [-0.15, -0.1) is 0 Å². The molecule has 106 valence electrons. The van der Waals surface area contributed by atoms with E-state index in [1.807, 2.05) is 66.5 Å². The fourth-order valence-electron chi connectivity index (χ4n) is 1.97. The number of pyridine rings is 1. The van der Waals surface area contributed by atoms with Crippen molar-refractivity contribution < 1.29 is 38.1 Å². The molecular weight excluding hydrogens is 379 g/mol. The average Bonchev–Trinajstić information content (AvgIpc) is 2.81. The molecule has 1 aliphatic heterocycles. The highest BCUT2D eigenvalue weighted by molar-refractivity contribution is 6.12. The smallest absolute Gasteiger partial charge is 0.363 e. The van der Waals surface area contributed by atoms with Gasteiger partial charge < -0.3 is 28.7 Å². The van der Waals surface area contributed by atoms with Gasteiger partial charge in [0.05, 0.1) is 0 Å². The number of hydrogen-bond acceptors (Lipinski definition) is 3. The molecule has 2 aromatic rings. The molecule has 0 atom stereocenters. The van der Waals surface area contributed by atoms with Gasteiger partial charge in [-0.25, -0.2) is 14.4 Å². The standard InChI is InChI=1S/C16H13N2O2.HI/c1-18-9-5-6-12(11-18)10-14-16(19)20-15(17-14)13-7-3-2-4-8-13;/h2-11H,1H3;1H/q+1;/p-1. The molecule has 0 saturated carbocycles. The summed E-state index contributed by atoms with van der Waals surface area (Å²) in [7, 11) is 1.92. The normalized spacial score (nSPS) is 15.4. The van der Waals surface area contributed by atoms with Gasteiger partial charge in [-0.05, 0) is 24.3 Å². The van der Waals surface area contributed by atoms with Gasteiger partial charge in [-0.3, -0.25) is 0 Å². The number of carbonyl (C=O) groups is 1. The third-order valence-electron chi connectivity index (χ3n) is 2.91. The van der Waals surface area contributed by atoms with Crippen molar-refractivity contribution in [2.75, 3.05) is 0 Å². The lowest BCUT2D eigenvalue weighted by Crippen LogP contribution is -3.00. The summed E-state index contributed by atoms with van der Waals surface area (Å²) in [5, 5.41) is 0. The number of rotatable bonds is 2. The highest BCUT2D eigenvalue weighted by atomic mass is 127. The minimum atomic E-state index is -0.421. The molecule has 0 spiro atoms. The molecule has 3 rings (SSSR count). The van der Waals surface area contributed by atoms with E-state index in [0.29, 0.717) is 11.6 Å². The monoisotopic (exact) mass is 392 g/mol. The summed E-state index contributed by atoms with van der Waals surface area (Å²) in [4.78, 5) is 16.1. The van der Waals surface area contributed by atoms with Gasteiger partial charge in [0.15, 0.2) is 18.1 Å². The van der Waals surface area contributed by atoms with E-state index in [1.165, 1.54) is 0 Å². The Morgan fingerprint density at radius 1 is 1.14 bits per heavy atom. The topological polar surface area (TPSA) is 42.5 Å². The van der Waals surface area contributed by atoms with E-state index in [1.54, 1.807) is 6.08 Å². The molecular formula is C16H13IN2O2. The molecule has 0 saturated heterocycles. The van der Waals surface area contributed by atoms with Crippen molar-refractivity contribution in [2.45, 2.75) is 0 Å². The second-order valence-corrected chi connectivity index (χ2v) is 4.50. The minimum absolute atomic E-state index is 0. The maximum absolute atomic E-state index is 11.8. The third-order valence-corrected chi connectivity index (χ3v) is 2.91. The summed E-state index contributed by atoms with van der Waals surface area (Å²) in [6.45, 7) is 0. The number of ether oxygens (including phenoxy) is 1. The molecule has 0 bridgehead atoms. The van der Waals surface area contributed by atoms with Gasteiger partial charge in [-0.2, -0.15) is 0 Å². The summed E-state index contributed by atoms with van der Waals surface area (Å²) in [6.07, 6.45) is 5.56. The van der Waals surface area contributed by atoms with Crippen LogP contribution in [-0.4, -0.2) is 11.9 Å². The maximum atomic E-state index is 11.8. The van der Waals surface area contributed by atoms with Gasteiger partial charge in [0, 0.05) is 17.2 Å². The van der Waals surface area contributed by atoms with Gasteiger partial charge in [0.25, 0.3) is 0 Å². The first-order valence-corrected chi connectivity index (χ1v) is 6.26. The van der Waals surface area contributed by atoms with Crippen molar-refractivity contribution >= 4 is 17.9 Å². The van der Waals surface area contributed by atoms with Crippen LogP contribution in [0.5, 0.6) is 0 Å². The van der Waals surface area contributed by atoms with Gasteiger partial charge in [0.1, 0.15) is 7.05 Å². The molecule has 5 heteroatoms. The van der Waals surface area contributed by atoms with E-state index in [9.17, 15) is 4.79 Å². The van der Waals surface area contributed by atoms with E-state index in [4.69, 9.17) is 4.74 Å². The zero-order chi connectivity index (χ0) is 13.9. The first-order chi connectivity index (χ1) is 9.72. The van der Waals surface area contributed by atoms with Crippen molar-refractivity contribution in [3.05, 3.63) is 71.7 Å². The summed E-state index contributed by atoms with van der Waals surface area (Å²) >= 11 is 0. The minimum Gasteiger partial charge on any atom is -1.00 e. The van der Waals surface area contributed by atoms with E-state index in [2.05, 4.69) is 4.99 Å². The molecule has 1 aromatic carbocycles. The second-order valence-electron chi connectivity index (χ2n) is 4.50. The number of nitrogens with zero attached hydrogens (tertiary/aromatic N) is 2. The number of esters is 1. The summed E-state index contributed by atoms with van der Waals surface area (Å²) in [6, 6.07) is 13.2. The zero-order valence-electron chi connectivity index (χ0n) is 11.4. The van der Waals surface area contributed by atoms with Gasteiger partial charge in [-0.1, -0.05) is 18.2 Å². The molecule has 1 aromatic heterocycles. The van der Waals surface area contributed by atoms with Crippen molar-refractivity contribution in [3.63, 3.8) is 0 Å². The summed E-state index contributed by atoms with van der Waals surface area (Å²) in [5.41, 5.74) is 2.01. The summed E-state index contributed by atoms with van der Waals surface area (Å²) < 4.78 is 7.11. The van der Waals surface area contributed by atoms with Crippen LogP contribution in [0.2, 0.25) is 0 Å². The second kappa shape index (κ2) is 6.62. The fourth-order valence-corrected chi connectivity index (χ4v) is 1.97. The predicted octanol–water partition coefficient (Wildman–Crippen LogP) is -1.14. The van der Waals surface area contributed by atoms with Crippen LogP contribution in [0.3, 0.4) is 0 Å². The number of aromatic nitrogens is 1.